The van der Waals surface area contributed by atoms with Crippen molar-refractivity contribution in [3.05, 3.63) is 59.5 Å². The highest BCUT2D eigenvalue weighted by atomic mass is 19.1. The molecule has 1 fully saturated rings. The van der Waals surface area contributed by atoms with Gasteiger partial charge in [-0.1, -0.05) is 13.0 Å². The Balaban J connectivity index is 1.43. The Bertz CT molecular complexity index is 1230. The number of fused-ring (bicyclic) bond motifs is 1. The van der Waals surface area contributed by atoms with Crippen LogP contribution in [0.25, 0.3) is 11.4 Å². The van der Waals surface area contributed by atoms with Crippen molar-refractivity contribution in [2.75, 3.05) is 25.1 Å². The summed E-state index contributed by atoms with van der Waals surface area (Å²) in [6, 6.07) is 12.2. The van der Waals surface area contributed by atoms with Crippen LogP contribution >= 0.6 is 0 Å². The van der Waals surface area contributed by atoms with E-state index in [2.05, 4.69) is 17.1 Å². The Labute approximate surface area is 197 Å². The number of carbonyl (C=O) groups is 1. The number of nitrogens with one attached hydrogen (secondary N) is 1. The van der Waals surface area contributed by atoms with Crippen molar-refractivity contribution in [1.82, 2.24) is 15.3 Å². The molecular weight excluding hydrogens is 435 g/mol. The van der Waals surface area contributed by atoms with Gasteiger partial charge < -0.3 is 19.7 Å². The number of ether oxygens (including phenoxy) is 2. The third-order valence-electron chi connectivity index (χ3n) is 6.23. The third kappa shape index (κ3) is 4.53. The molecular formula is C26H27FN4O3. The molecule has 2 heterocycles. The second-order valence-electron chi connectivity index (χ2n) is 8.61. The van der Waals surface area contributed by atoms with Crippen LogP contribution < -0.4 is 19.7 Å². The molecule has 8 heteroatoms. The van der Waals surface area contributed by atoms with Crippen LogP contribution in [0.15, 0.2) is 42.5 Å². The predicted octanol–water partition coefficient (Wildman–Crippen LogP) is 5.05. The number of halogens is 1. The molecule has 1 N–H and O–H groups in total. The van der Waals surface area contributed by atoms with Gasteiger partial charge in [-0.05, 0) is 61.9 Å². The van der Waals surface area contributed by atoms with E-state index in [1.807, 2.05) is 18.2 Å². The van der Waals surface area contributed by atoms with E-state index in [4.69, 9.17) is 19.4 Å². The highest BCUT2D eigenvalue weighted by Crippen LogP contribution is 2.37. The Morgan fingerprint density at radius 1 is 1.21 bits per heavy atom. The van der Waals surface area contributed by atoms with Crippen LogP contribution in [0.1, 0.15) is 31.0 Å². The van der Waals surface area contributed by atoms with Crippen LogP contribution in [-0.4, -0.2) is 36.3 Å². The lowest BCUT2D eigenvalue weighted by Gasteiger charge is -2.20. The van der Waals surface area contributed by atoms with Crippen molar-refractivity contribution in [1.29, 1.82) is 0 Å². The van der Waals surface area contributed by atoms with Crippen LogP contribution in [0.2, 0.25) is 0 Å². The molecule has 2 aromatic carbocycles. The van der Waals surface area contributed by atoms with Gasteiger partial charge in [0.15, 0.2) is 17.4 Å². The predicted molar refractivity (Wildman–Crippen MR) is 127 cm³/mol. The lowest BCUT2D eigenvalue weighted by atomic mass is 10.1. The number of benzene rings is 2. The zero-order valence-corrected chi connectivity index (χ0v) is 19.3. The van der Waals surface area contributed by atoms with Gasteiger partial charge in [0.05, 0.1) is 7.11 Å². The van der Waals surface area contributed by atoms with Crippen molar-refractivity contribution in [3.8, 4) is 22.9 Å². The normalized spacial score (nSPS) is 14.6. The van der Waals surface area contributed by atoms with Gasteiger partial charge in [-0.3, -0.25) is 0 Å². The maximum Gasteiger partial charge on any atom is 0.412 e. The minimum Gasteiger partial charge on any atom is -0.494 e. The van der Waals surface area contributed by atoms with Crippen LogP contribution in [0.3, 0.4) is 0 Å². The summed E-state index contributed by atoms with van der Waals surface area (Å²) >= 11 is 0. The maximum absolute atomic E-state index is 14.3. The van der Waals surface area contributed by atoms with Crippen molar-refractivity contribution >= 4 is 17.6 Å². The summed E-state index contributed by atoms with van der Waals surface area (Å²) in [6.07, 6.45) is 3.44. The molecule has 0 atom stereocenters. The molecule has 34 heavy (non-hydrogen) atoms. The first-order valence-electron chi connectivity index (χ1n) is 11.6. The summed E-state index contributed by atoms with van der Waals surface area (Å²) in [5.74, 6) is 2.05. The molecule has 3 aromatic rings. The summed E-state index contributed by atoms with van der Waals surface area (Å²) in [5.41, 5.74) is 3.50. The van der Waals surface area contributed by atoms with Crippen LogP contribution in [0.5, 0.6) is 11.5 Å². The molecule has 0 saturated heterocycles. The number of methoxy groups -OCH3 is 1. The van der Waals surface area contributed by atoms with Crippen molar-refractivity contribution < 1.29 is 18.7 Å². The van der Waals surface area contributed by atoms with E-state index in [0.29, 0.717) is 29.6 Å². The number of carbonyl (C=O) groups excluding carboxylic acids is 1. The number of nitrogens with zero attached hydrogens (tertiary/aromatic N) is 3. The molecule has 0 radical (unpaired) electrons. The highest BCUT2D eigenvalue weighted by Gasteiger charge is 2.27. The molecule has 0 unspecified atom stereocenters. The fourth-order valence-corrected chi connectivity index (χ4v) is 4.21. The zero-order valence-electron chi connectivity index (χ0n) is 19.3. The van der Waals surface area contributed by atoms with Crippen LogP contribution in [0.4, 0.5) is 20.7 Å². The van der Waals surface area contributed by atoms with E-state index in [0.717, 1.165) is 55.0 Å². The topological polar surface area (TPSA) is 76.6 Å². The zero-order chi connectivity index (χ0) is 23.7. The molecule has 0 spiro atoms. The van der Waals surface area contributed by atoms with E-state index in [9.17, 15) is 9.18 Å². The van der Waals surface area contributed by atoms with Gasteiger partial charge in [-0.2, -0.15) is 0 Å². The van der Waals surface area contributed by atoms with Crippen LogP contribution in [0, 0.1) is 11.7 Å². The standard InChI is InChI=1S/C26H27FN4O3/c1-3-22-20-11-12-31(18-5-4-6-19(14-18)34-26(32)28-15-16-7-8-16)25(20)30-24(29-22)17-9-10-23(33-2)21(27)13-17/h4-6,9-10,13-14,16H,3,7-8,11-12,15H2,1-2H3,(H,28,32). The first-order valence-corrected chi connectivity index (χ1v) is 11.6. The molecule has 0 bridgehead atoms. The number of hydrogen-bond acceptors (Lipinski definition) is 6. The third-order valence-corrected chi connectivity index (χ3v) is 6.23. The first-order chi connectivity index (χ1) is 16.6. The number of amides is 1. The van der Waals surface area contributed by atoms with Crippen LogP contribution in [-0.2, 0) is 12.8 Å². The summed E-state index contributed by atoms with van der Waals surface area (Å²) in [6.45, 7) is 3.44. The van der Waals surface area contributed by atoms with Gasteiger partial charge in [0, 0.05) is 41.7 Å². The smallest absolute Gasteiger partial charge is 0.412 e. The van der Waals surface area contributed by atoms with E-state index < -0.39 is 11.9 Å². The molecule has 1 aromatic heterocycles. The Morgan fingerprint density at radius 2 is 2.06 bits per heavy atom. The fourth-order valence-electron chi connectivity index (χ4n) is 4.21. The highest BCUT2D eigenvalue weighted by molar-refractivity contribution is 5.73. The lowest BCUT2D eigenvalue weighted by Crippen LogP contribution is -2.28. The van der Waals surface area contributed by atoms with E-state index in [1.165, 1.54) is 13.2 Å². The number of hydrogen-bond donors (Lipinski definition) is 1. The van der Waals surface area contributed by atoms with E-state index in [1.54, 1.807) is 18.2 Å². The Hall–Kier alpha value is -3.68. The molecule has 1 aliphatic heterocycles. The Kier molecular flexibility index (Phi) is 6.04. The molecule has 1 amide bonds. The molecule has 7 nitrogen and oxygen atoms in total. The van der Waals surface area contributed by atoms with Gasteiger partial charge >= 0.3 is 6.09 Å². The maximum atomic E-state index is 14.3. The summed E-state index contributed by atoms with van der Waals surface area (Å²) in [4.78, 5) is 23.8. The molecule has 1 saturated carbocycles. The number of rotatable bonds is 7. The second kappa shape index (κ2) is 9.29. The van der Waals surface area contributed by atoms with Gasteiger partial charge in [0.25, 0.3) is 0 Å². The summed E-state index contributed by atoms with van der Waals surface area (Å²) < 4.78 is 24.9. The SMILES string of the molecule is CCc1nc(-c2ccc(OC)c(F)c2)nc2c1CCN2c1cccc(OC(=O)NCC2CC2)c1. The van der Waals surface area contributed by atoms with Gasteiger partial charge in [0.1, 0.15) is 11.6 Å². The monoisotopic (exact) mass is 462 g/mol. The average Bonchev–Trinajstić information content (AvgIpc) is 3.59. The summed E-state index contributed by atoms with van der Waals surface area (Å²) in [7, 11) is 1.44. The first kappa shape index (κ1) is 22.1. The van der Waals surface area contributed by atoms with Crippen molar-refractivity contribution in [2.24, 2.45) is 5.92 Å². The number of aromatic nitrogens is 2. The fraction of sp³-hybridized carbons (Fsp3) is 0.346. The van der Waals surface area contributed by atoms with E-state index in [-0.39, 0.29) is 5.75 Å². The summed E-state index contributed by atoms with van der Waals surface area (Å²) in [5, 5.41) is 2.82. The average molecular weight is 463 g/mol. The van der Waals surface area contributed by atoms with Gasteiger partial charge in [0.2, 0.25) is 0 Å². The van der Waals surface area contributed by atoms with Crippen molar-refractivity contribution in [2.45, 2.75) is 32.6 Å². The molecule has 5 rings (SSSR count). The second-order valence-corrected chi connectivity index (χ2v) is 8.61. The van der Waals surface area contributed by atoms with E-state index >= 15 is 0 Å². The number of aryl methyl sites for hydroxylation is 1. The number of anilines is 2. The molecule has 2 aliphatic rings. The largest absolute Gasteiger partial charge is 0.494 e. The lowest BCUT2D eigenvalue weighted by molar-refractivity contribution is 0.200. The van der Waals surface area contributed by atoms with Gasteiger partial charge in [-0.25, -0.2) is 19.2 Å². The van der Waals surface area contributed by atoms with Gasteiger partial charge in [-0.15, -0.1) is 0 Å². The molecule has 176 valence electrons. The minimum atomic E-state index is -0.455. The Morgan fingerprint density at radius 3 is 2.79 bits per heavy atom. The minimum absolute atomic E-state index is 0.181. The quantitative estimate of drug-likeness (QED) is 0.530. The molecule has 1 aliphatic carbocycles. The van der Waals surface area contributed by atoms with Crippen molar-refractivity contribution in [3.63, 3.8) is 0 Å².